The molecule has 0 saturated heterocycles. The second-order valence-corrected chi connectivity index (χ2v) is 3.24. The Kier molecular flexibility index (Phi) is 2.15. The first kappa shape index (κ1) is 9.30. The summed E-state index contributed by atoms with van der Waals surface area (Å²) in [4.78, 5) is 17.3. The highest BCUT2D eigenvalue weighted by Gasteiger charge is 2.00. The van der Waals surface area contributed by atoms with Crippen LogP contribution in [0.1, 0.15) is 5.69 Å². The molecule has 0 fully saturated rings. The van der Waals surface area contributed by atoms with Gasteiger partial charge in [-0.15, -0.1) is 0 Å². The van der Waals surface area contributed by atoms with Gasteiger partial charge in [-0.1, -0.05) is 11.2 Å². The smallest absolute Gasteiger partial charge is 0.189 e. The molecule has 1 aromatic heterocycles. The van der Waals surface area contributed by atoms with E-state index in [9.17, 15) is 4.79 Å². The van der Waals surface area contributed by atoms with Gasteiger partial charge < -0.3 is 4.98 Å². The van der Waals surface area contributed by atoms with Crippen LogP contribution < -0.4 is 5.43 Å². The van der Waals surface area contributed by atoms with Gasteiger partial charge in [0, 0.05) is 33.3 Å². The van der Waals surface area contributed by atoms with Crippen molar-refractivity contribution in [2.24, 2.45) is 5.11 Å². The van der Waals surface area contributed by atoms with E-state index < -0.39 is 0 Å². The molecule has 0 aliphatic rings. The lowest BCUT2D eigenvalue weighted by atomic mass is 10.2. The lowest BCUT2D eigenvalue weighted by Gasteiger charge is -2.00. The number of hydrogen-bond donors (Lipinski definition) is 1. The molecule has 2 aromatic rings. The molecule has 0 spiro atoms. The maximum atomic E-state index is 11.6. The maximum absolute atomic E-state index is 11.6. The second kappa shape index (κ2) is 3.48. The molecule has 74 valence electrons. The van der Waals surface area contributed by atoms with Crippen LogP contribution in [-0.4, -0.2) is 4.98 Å². The Morgan fingerprint density at radius 3 is 2.93 bits per heavy atom. The number of azide groups is 1. The number of hydrogen-bond acceptors (Lipinski definition) is 2. The van der Waals surface area contributed by atoms with Gasteiger partial charge in [0.1, 0.15) is 0 Å². The molecular formula is C10H8N4O. The third-order valence-electron chi connectivity index (χ3n) is 2.11. The normalized spacial score (nSPS) is 9.93. The van der Waals surface area contributed by atoms with Gasteiger partial charge in [-0.05, 0) is 24.6 Å². The van der Waals surface area contributed by atoms with Crippen LogP contribution in [0.4, 0.5) is 5.69 Å². The van der Waals surface area contributed by atoms with E-state index in [0.717, 1.165) is 11.2 Å². The molecule has 0 atom stereocenters. The number of pyridine rings is 1. The number of benzene rings is 1. The van der Waals surface area contributed by atoms with E-state index in [0.29, 0.717) is 11.1 Å². The van der Waals surface area contributed by atoms with Crippen LogP contribution in [0.15, 0.2) is 34.2 Å². The molecule has 0 aliphatic carbocycles. The van der Waals surface area contributed by atoms with Crippen molar-refractivity contribution < 1.29 is 0 Å². The number of aromatic amines is 1. The van der Waals surface area contributed by atoms with Gasteiger partial charge in [-0.2, -0.15) is 0 Å². The number of nitrogens with one attached hydrogen (secondary N) is 1. The molecule has 1 N–H and O–H groups in total. The van der Waals surface area contributed by atoms with Crippen molar-refractivity contribution in [1.29, 1.82) is 0 Å². The average molecular weight is 200 g/mol. The van der Waals surface area contributed by atoms with E-state index in [1.165, 1.54) is 6.07 Å². The summed E-state index contributed by atoms with van der Waals surface area (Å²) < 4.78 is 0. The lowest BCUT2D eigenvalue weighted by molar-refractivity contribution is 1.24. The average Bonchev–Trinajstić information content (AvgIpc) is 2.19. The third kappa shape index (κ3) is 1.68. The number of H-pyrrole nitrogens is 1. The largest absolute Gasteiger partial charge is 0.358 e. The van der Waals surface area contributed by atoms with Gasteiger partial charge in [0.05, 0.1) is 0 Å². The molecule has 0 aliphatic heterocycles. The van der Waals surface area contributed by atoms with Crippen molar-refractivity contribution in [2.45, 2.75) is 6.92 Å². The molecule has 5 nitrogen and oxygen atoms in total. The fourth-order valence-electron chi connectivity index (χ4n) is 1.48. The molecule has 0 unspecified atom stereocenters. The molecule has 5 heteroatoms. The first-order valence-electron chi connectivity index (χ1n) is 4.39. The van der Waals surface area contributed by atoms with Crippen LogP contribution in [0.25, 0.3) is 21.3 Å². The number of aryl methyl sites for hydroxylation is 1. The molecule has 0 amide bonds. The van der Waals surface area contributed by atoms with Gasteiger partial charge in [0.15, 0.2) is 5.43 Å². The number of aromatic nitrogens is 1. The topological polar surface area (TPSA) is 81.6 Å². The van der Waals surface area contributed by atoms with Crippen molar-refractivity contribution in [3.05, 3.63) is 50.6 Å². The highest BCUT2D eigenvalue weighted by molar-refractivity contribution is 5.81. The summed E-state index contributed by atoms with van der Waals surface area (Å²) in [5.41, 5.74) is 10.2. The Morgan fingerprint density at radius 2 is 2.20 bits per heavy atom. The molecule has 1 aromatic carbocycles. The zero-order valence-corrected chi connectivity index (χ0v) is 8.06. The van der Waals surface area contributed by atoms with E-state index >= 15 is 0 Å². The number of rotatable bonds is 1. The van der Waals surface area contributed by atoms with Crippen LogP contribution in [0.5, 0.6) is 0 Å². The van der Waals surface area contributed by atoms with Gasteiger partial charge in [0.2, 0.25) is 0 Å². The summed E-state index contributed by atoms with van der Waals surface area (Å²) in [5.74, 6) is 0. The van der Waals surface area contributed by atoms with Crippen LogP contribution in [0, 0.1) is 6.92 Å². The molecule has 0 saturated carbocycles. The number of fused-ring (bicyclic) bond motifs is 1. The quantitative estimate of drug-likeness (QED) is 0.428. The van der Waals surface area contributed by atoms with E-state index in [2.05, 4.69) is 15.0 Å². The minimum Gasteiger partial charge on any atom is -0.358 e. The van der Waals surface area contributed by atoms with Crippen molar-refractivity contribution >= 4 is 16.6 Å². The molecular weight excluding hydrogens is 192 g/mol. The zero-order chi connectivity index (χ0) is 10.8. The number of nitrogens with zero attached hydrogens (tertiary/aromatic N) is 3. The Morgan fingerprint density at radius 1 is 1.40 bits per heavy atom. The van der Waals surface area contributed by atoms with Crippen molar-refractivity contribution in [3.63, 3.8) is 0 Å². The molecule has 15 heavy (non-hydrogen) atoms. The SMILES string of the molecule is Cc1cc(=O)c2cc(N=[N+]=[N-])ccc2[nH]1. The fraction of sp³-hybridized carbons (Fsp3) is 0.100. The lowest BCUT2D eigenvalue weighted by Crippen LogP contribution is -2.02. The van der Waals surface area contributed by atoms with Gasteiger partial charge >= 0.3 is 0 Å². The van der Waals surface area contributed by atoms with Gasteiger partial charge in [-0.3, -0.25) is 4.79 Å². The van der Waals surface area contributed by atoms with Crippen molar-refractivity contribution in [2.75, 3.05) is 0 Å². The monoisotopic (exact) mass is 200 g/mol. The van der Waals surface area contributed by atoms with Gasteiger partial charge in [-0.25, -0.2) is 0 Å². The highest BCUT2D eigenvalue weighted by Crippen LogP contribution is 2.17. The molecule has 0 radical (unpaired) electrons. The highest BCUT2D eigenvalue weighted by atomic mass is 16.1. The predicted octanol–water partition coefficient (Wildman–Crippen LogP) is 2.78. The van der Waals surface area contributed by atoms with Crippen LogP contribution >= 0.6 is 0 Å². The summed E-state index contributed by atoms with van der Waals surface area (Å²) >= 11 is 0. The minimum absolute atomic E-state index is 0.0729. The predicted molar refractivity (Wildman–Crippen MR) is 58.1 cm³/mol. The van der Waals surface area contributed by atoms with Crippen LogP contribution in [0.3, 0.4) is 0 Å². The van der Waals surface area contributed by atoms with E-state index in [4.69, 9.17) is 5.53 Å². The van der Waals surface area contributed by atoms with Gasteiger partial charge in [0.25, 0.3) is 0 Å². The van der Waals surface area contributed by atoms with E-state index in [1.54, 1.807) is 18.2 Å². The Labute approximate surface area is 85.0 Å². The first-order valence-corrected chi connectivity index (χ1v) is 4.39. The standard InChI is InChI=1S/C10H8N4O/c1-6-4-10(15)8-5-7(13-14-11)2-3-9(8)12-6/h2-5H,1H3,(H,12,15). The second-order valence-electron chi connectivity index (χ2n) is 3.24. The summed E-state index contributed by atoms with van der Waals surface area (Å²) in [6, 6.07) is 6.49. The Balaban J connectivity index is 2.82. The molecule has 0 bridgehead atoms. The summed E-state index contributed by atoms with van der Waals surface area (Å²) in [6.45, 7) is 1.82. The Bertz CT molecular complexity index is 623. The maximum Gasteiger partial charge on any atom is 0.189 e. The van der Waals surface area contributed by atoms with E-state index in [-0.39, 0.29) is 5.43 Å². The minimum atomic E-state index is -0.0729. The van der Waals surface area contributed by atoms with Crippen LogP contribution in [-0.2, 0) is 0 Å². The van der Waals surface area contributed by atoms with Crippen LogP contribution in [0.2, 0.25) is 0 Å². The first-order chi connectivity index (χ1) is 7.20. The van der Waals surface area contributed by atoms with Crippen molar-refractivity contribution in [1.82, 2.24) is 4.98 Å². The Hall–Kier alpha value is -2.26. The van der Waals surface area contributed by atoms with E-state index in [1.807, 2.05) is 6.92 Å². The molecule has 2 rings (SSSR count). The van der Waals surface area contributed by atoms with Crippen molar-refractivity contribution in [3.8, 4) is 0 Å². The summed E-state index contributed by atoms with van der Waals surface area (Å²) in [6.07, 6.45) is 0. The molecule has 1 heterocycles. The summed E-state index contributed by atoms with van der Waals surface area (Å²) in [5, 5.41) is 3.98. The fourth-order valence-corrected chi connectivity index (χ4v) is 1.48. The third-order valence-corrected chi connectivity index (χ3v) is 2.11. The summed E-state index contributed by atoms with van der Waals surface area (Å²) in [7, 11) is 0. The zero-order valence-electron chi connectivity index (χ0n) is 8.06.